The summed E-state index contributed by atoms with van der Waals surface area (Å²) in [6.45, 7) is 6.98. The van der Waals surface area contributed by atoms with E-state index < -0.39 is 29.9 Å². The van der Waals surface area contributed by atoms with Crippen molar-refractivity contribution in [2.24, 2.45) is 16.5 Å². The topological polar surface area (TPSA) is 194 Å². The lowest BCUT2D eigenvalue weighted by molar-refractivity contribution is -0.513. The second-order valence-corrected chi connectivity index (χ2v) is 11.8. The molecule has 13 heteroatoms. The summed E-state index contributed by atoms with van der Waals surface area (Å²) in [5.41, 5.74) is 13.9. The average molecular weight is 563 g/mol. The fourth-order valence-electron chi connectivity index (χ4n) is 6.37. The molecule has 6 rings (SSSR count). The zero-order valence-corrected chi connectivity index (χ0v) is 23.3. The molecule has 1 unspecified atom stereocenters. The first-order valence-electron chi connectivity index (χ1n) is 13.8. The Morgan fingerprint density at radius 2 is 2.05 bits per heavy atom. The van der Waals surface area contributed by atoms with E-state index >= 15 is 0 Å². The number of carbonyl (C=O) groups is 2. The SMILES string of the molecule is Cc1ccc(C(=O)NC[C@@H]2N=C(N)N3CC(NC(=O)c4cccc5c4OCCC5(C)C)[C@@H](O)[C@@]34NC(N)=[NH+][C@@H]24)nc1. The molecule has 0 bridgehead atoms. The number of hydrogen-bond acceptors (Lipinski definition) is 10. The molecule has 1 saturated heterocycles. The van der Waals surface area contributed by atoms with Gasteiger partial charge in [0.05, 0.1) is 18.2 Å². The van der Waals surface area contributed by atoms with Crippen molar-refractivity contribution in [3.63, 3.8) is 0 Å². The van der Waals surface area contributed by atoms with Crippen LogP contribution in [0.2, 0.25) is 0 Å². The van der Waals surface area contributed by atoms with Crippen LogP contribution in [-0.2, 0) is 5.41 Å². The molecule has 2 aromatic rings. The van der Waals surface area contributed by atoms with Gasteiger partial charge in [0.25, 0.3) is 11.8 Å². The van der Waals surface area contributed by atoms with E-state index in [4.69, 9.17) is 16.2 Å². The number of para-hydroxylation sites is 1. The first kappa shape index (κ1) is 26.8. The number of nitrogens with two attached hydrogens (primary N) is 2. The van der Waals surface area contributed by atoms with Crippen molar-refractivity contribution in [2.45, 2.75) is 62.5 Å². The molecule has 5 heterocycles. The van der Waals surface area contributed by atoms with Crippen LogP contribution in [0.25, 0.3) is 0 Å². The van der Waals surface area contributed by atoms with Gasteiger partial charge in [0.2, 0.25) is 5.66 Å². The van der Waals surface area contributed by atoms with E-state index in [2.05, 4.69) is 44.8 Å². The summed E-state index contributed by atoms with van der Waals surface area (Å²) in [7, 11) is 0. The van der Waals surface area contributed by atoms with Gasteiger partial charge in [0.15, 0.2) is 12.0 Å². The number of aryl methyl sites for hydroxylation is 1. The second kappa shape index (κ2) is 9.61. The standard InChI is InChI=1S/C28H35N9O4/c1-14-7-8-17(31-11-14)24(40)32-12-18-21-28(36-25(29)35-21)22(38)19(13-37(28)26(30)34-18)33-23(39)15-5-4-6-16-20(15)41-10-9-27(16,2)3/h4-8,11,18-19,21-22,38H,9-10,12-13H2,1-3H3,(H2,30,34)(H,32,40)(H,33,39)(H3,29,35,36)/p+1/t18-,19?,21-,22+,28-/m0/s1. The minimum atomic E-state index is -1.19. The van der Waals surface area contributed by atoms with Crippen LogP contribution >= 0.6 is 0 Å². The number of fused-ring (bicyclic) bond motifs is 1. The normalized spacial score (nSPS) is 29.1. The molecule has 5 atom stereocenters. The van der Waals surface area contributed by atoms with Gasteiger partial charge >= 0.3 is 5.96 Å². The largest absolute Gasteiger partial charge is 0.492 e. The number of aromatic nitrogens is 1. The van der Waals surface area contributed by atoms with Crippen molar-refractivity contribution in [3.05, 3.63) is 58.9 Å². The summed E-state index contributed by atoms with van der Waals surface area (Å²) in [4.78, 5) is 40.0. The Labute approximate surface area is 237 Å². The molecule has 4 aliphatic rings. The van der Waals surface area contributed by atoms with Gasteiger partial charge in [-0.1, -0.05) is 32.0 Å². The quantitative estimate of drug-likeness (QED) is 0.205. The average Bonchev–Trinajstić information content (AvgIpc) is 3.43. The summed E-state index contributed by atoms with van der Waals surface area (Å²) in [6, 6.07) is 7.17. The Bertz CT molecular complexity index is 1460. The number of aliphatic hydroxyl groups excluding tert-OH is 1. The van der Waals surface area contributed by atoms with Crippen molar-refractivity contribution < 1.29 is 24.4 Å². The highest BCUT2D eigenvalue weighted by Gasteiger charge is 2.68. The van der Waals surface area contributed by atoms with Crippen LogP contribution in [-0.4, -0.2) is 88.3 Å². The molecule has 0 saturated carbocycles. The molecule has 9 N–H and O–H groups in total. The van der Waals surface area contributed by atoms with Crippen LogP contribution in [0.3, 0.4) is 0 Å². The minimum Gasteiger partial charge on any atom is -0.492 e. The summed E-state index contributed by atoms with van der Waals surface area (Å²) < 4.78 is 5.94. The van der Waals surface area contributed by atoms with Gasteiger partial charge in [-0.05, 0) is 36.5 Å². The number of hydrogen-bond donors (Lipinski definition) is 7. The number of aliphatic hydroxyl groups is 1. The highest BCUT2D eigenvalue weighted by molar-refractivity contribution is 5.98. The highest BCUT2D eigenvalue weighted by Crippen LogP contribution is 2.41. The van der Waals surface area contributed by atoms with Crippen LogP contribution < -0.4 is 37.1 Å². The van der Waals surface area contributed by atoms with Gasteiger partial charge in [-0.25, -0.2) is 10.3 Å². The van der Waals surface area contributed by atoms with Gasteiger partial charge < -0.3 is 31.1 Å². The maximum atomic E-state index is 13.6. The molecule has 1 aromatic heterocycles. The molecule has 1 aromatic carbocycles. The Hall–Kier alpha value is -4.39. The monoisotopic (exact) mass is 562 g/mol. The number of nitrogens with one attached hydrogen (secondary N) is 4. The second-order valence-electron chi connectivity index (χ2n) is 11.8. The van der Waals surface area contributed by atoms with E-state index in [9.17, 15) is 14.7 Å². The van der Waals surface area contributed by atoms with Crippen molar-refractivity contribution >= 4 is 23.7 Å². The number of pyridine rings is 1. The first-order valence-corrected chi connectivity index (χ1v) is 13.8. The summed E-state index contributed by atoms with van der Waals surface area (Å²) in [6.07, 6.45) is 1.34. The molecule has 13 nitrogen and oxygen atoms in total. The Morgan fingerprint density at radius 1 is 1.24 bits per heavy atom. The number of amides is 2. The van der Waals surface area contributed by atoms with Crippen LogP contribution in [0.15, 0.2) is 41.5 Å². The Morgan fingerprint density at radius 3 is 2.80 bits per heavy atom. The van der Waals surface area contributed by atoms with Gasteiger partial charge in [0, 0.05) is 24.8 Å². The summed E-state index contributed by atoms with van der Waals surface area (Å²) in [5, 5.41) is 20.8. The summed E-state index contributed by atoms with van der Waals surface area (Å²) >= 11 is 0. The van der Waals surface area contributed by atoms with Gasteiger partial charge in [0.1, 0.15) is 23.6 Å². The van der Waals surface area contributed by atoms with Crippen LogP contribution in [0.5, 0.6) is 5.75 Å². The number of rotatable bonds is 5. The van der Waals surface area contributed by atoms with Crippen LogP contribution in [0, 0.1) is 6.92 Å². The molecule has 0 radical (unpaired) electrons. The molecule has 41 heavy (non-hydrogen) atoms. The van der Waals surface area contributed by atoms with Gasteiger partial charge in [-0.3, -0.25) is 25.3 Å². The van der Waals surface area contributed by atoms with Crippen LogP contribution in [0.1, 0.15) is 52.2 Å². The smallest absolute Gasteiger partial charge is 0.343 e. The van der Waals surface area contributed by atoms with Gasteiger partial charge in [-0.15, -0.1) is 0 Å². The lowest BCUT2D eigenvalue weighted by Gasteiger charge is -2.43. The Kier molecular flexibility index (Phi) is 6.29. The van der Waals surface area contributed by atoms with Crippen molar-refractivity contribution in [1.29, 1.82) is 0 Å². The third-order valence-electron chi connectivity index (χ3n) is 8.63. The maximum Gasteiger partial charge on any atom is 0.343 e. The van der Waals surface area contributed by atoms with E-state index in [0.29, 0.717) is 17.9 Å². The molecular formula is C28H36N9O4+. The number of nitrogens with zero attached hydrogens (tertiary/aromatic N) is 3. The summed E-state index contributed by atoms with van der Waals surface area (Å²) in [5.74, 6) is 0.257. The molecule has 0 aliphatic carbocycles. The number of benzene rings is 1. The van der Waals surface area contributed by atoms with E-state index in [-0.39, 0.29) is 47.9 Å². The molecule has 1 spiro atoms. The third kappa shape index (κ3) is 4.31. The minimum absolute atomic E-state index is 0.115. The number of carbonyl (C=O) groups excluding carboxylic acids is 2. The van der Waals surface area contributed by atoms with E-state index in [1.165, 1.54) is 0 Å². The maximum absolute atomic E-state index is 13.6. The fraction of sp³-hybridized carbons (Fsp3) is 0.464. The third-order valence-corrected chi connectivity index (χ3v) is 8.63. The molecule has 4 aliphatic heterocycles. The van der Waals surface area contributed by atoms with E-state index in [0.717, 1.165) is 17.5 Å². The first-order chi connectivity index (χ1) is 19.5. The van der Waals surface area contributed by atoms with Crippen LogP contribution in [0.4, 0.5) is 0 Å². The zero-order chi connectivity index (χ0) is 29.1. The van der Waals surface area contributed by atoms with Crippen molar-refractivity contribution in [3.8, 4) is 5.75 Å². The number of guanidine groups is 2. The number of aliphatic imine (C=N–C) groups is 1. The lowest BCUT2D eigenvalue weighted by Crippen LogP contribution is -2.88. The predicted octanol–water partition coefficient (Wildman–Crippen LogP) is -2.58. The van der Waals surface area contributed by atoms with E-state index in [1.807, 2.05) is 25.1 Å². The highest BCUT2D eigenvalue weighted by atomic mass is 16.5. The molecule has 216 valence electrons. The number of ether oxygens (including phenoxy) is 1. The molecule has 1 fully saturated rings. The van der Waals surface area contributed by atoms with Crippen molar-refractivity contribution in [2.75, 3.05) is 19.7 Å². The predicted molar refractivity (Wildman–Crippen MR) is 150 cm³/mol. The fourth-order valence-corrected chi connectivity index (χ4v) is 6.37. The molecular weight excluding hydrogens is 526 g/mol. The van der Waals surface area contributed by atoms with Crippen molar-refractivity contribution in [1.82, 2.24) is 25.8 Å². The van der Waals surface area contributed by atoms with E-state index in [1.54, 1.807) is 23.2 Å². The molecule has 2 amide bonds. The lowest BCUT2D eigenvalue weighted by atomic mass is 9.79. The van der Waals surface area contributed by atoms with Gasteiger partial charge in [-0.2, -0.15) is 0 Å². The zero-order valence-electron chi connectivity index (χ0n) is 23.3. The Balaban J connectivity index is 1.22.